The van der Waals surface area contributed by atoms with Crippen molar-refractivity contribution in [2.75, 3.05) is 6.61 Å². The van der Waals surface area contributed by atoms with E-state index < -0.39 is 6.10 Å². The van der Waals surface area contributed by atoms with Crippen molar-refractivity contribution in [2.45, 2.75) is 26.4 Å². The summed E-state index contributed by atoms with van der Waals surface area (Å²) in [5.41, 5.74) is 0. The molecule has 0 aliphatic rings. The summed E-state index contributed by atoms with van der Waals surface area (Å²) in [6.07, 6.45) is 0.267. The van der Waals surface area contributed by atoms with Crippen molar-refractivity contribution in [3.63, 3.8) is 0 Å². The second kappa shape index (κ2) is 6.06. The summed E-state index contributed by atoms with van der Waals surface area (Å²) < 4.78 is 10.4. The molecule has 0 unspecified atom stereocenters. The van der Waals surface area contributed by atoms with Gasteiger partial charge in [-0.05, 0) is 25.5 Å². The Morgan fingerprint density at radius 3 is 2.60 bits per heavy atom. The lowest BCUT2D eigenvalue weighted by Gasteiger charge is -2.13. The van der Waals surface area contributed by atoms with Gasteiger partial charge in [0.15, 0.2) is 6.10 Å². The van der Waals surface area contributed by atoms with Crippen LogP contribution in [0, 0.1) is 0 Å². The third-order valence-corrected chi connectivity index (χ3v) is 1.84. The fraction of sp³-hybridized carbons (Fsp3) is 0.417. The molecule has 0 fully saturated rings. The van der Waals surface area contributed by atoms with Crippen LogP contribution in [0.2, 0.25) is 0 Å². The highest BCUT2D eigenvalue weighted by Gasteiger charge is 2.15. The molecule has 0 saturated heterocycles. The smallest absolute Gasteiger partial charge is 0.347 e. The maximum atomic E-state index is 11.4. The van der Waals surface area contributed by atoms with E-state index in [2.05, 4.69) is 0 Å². The van der Waals surface area contributed by atoms with Crippen LogP contribution in [0.4, 0.5) is 0 Å². The van der Waals surface area contributed by atoms with Crippen LogP contribution in [-0.4, -0.2) is 18.7 Å². The number of ether oxygens (including phenoxy) is 2. The second-order valence-electron chi connectivity index (χ2n) is 3.24. The van der Waals surface area contributed by atoms with Gasteiger partial charge in [-0.3, -0.25) is 0 Å². The minimum atomic E-state index is -0.557. The first-order chi connectivity index (χ1) is 7.24. The van der Waals surface area contributed by atoms with Gasteiger partial charge in [-0.1, -0.05) is 25.1 Å². The van der Waals surface area contributed by atoms with Gasteiger partial charge in [-0.25, -0.2) is 4.79 Å². The van der Waals surface area contributed by atoms with Crippen molar-refractivity contribution in [1.82, 2.24) is 0 Å². The van der Waals surface area contributed by atoms with Gasteiger partial charge in [-0.2, -0.15) is 0 Å². The zero-order valence-corrected chi connectivity index (χ0v) is 9.10. The van der Waals surface area contributed by atoms with E-state index in [1.54, 1.807) is 6.92 Å². The van der Waals surface area contributed by atoms with Crippen LogP contribution in [0.25, 0.3) is 0 Å². The van der Waals surface area contributed by atoms with Crippen LogP contribution in [0.3, 0.4) is 0 Å². The van der Waals surface area contributed by atoms with Gasteiger partial charge in [-0.15, -0.1) is 0 Å². The number of hydrogen-bond donors (Lipinski definition) is 0. The highest BCUT2D eigenvalue weighted by atomic mass is 16.6. The predicted molar refractivity (Wildman–Crippen MR) is 57.8 cm³/mol. The normalized spacial score (nSPS) is 11.9. The fourth-order valence-electron chi connectivity index (χ4n) is 1.07. The Morgan fingerprint density at radius 2 is 2.00 bits per heavy atom. The lowest BCUT2D eigenvalue weighted by atomic mass is 10.3. The molecule has 0 bridgehead atoms. The Kier molecular flexibility index (Phi) is 4.68. The zero-order valence-electron chi connectivity index (χ0n) is 9.10. The number of para-hydroxylation sites is 1. The zero-order chi connectivity index (χ0) is 11.1. The van der Waals surface area contributed by atoms with Crippen LogP contribution in [0.1, 0.15) is 20.3 Å². The molecule has 3 heteroatoms. The molecule has 15 heavy (non-hydrogen) atoms. The fourth-order valence-corrected chi connectivity index (χ4v) is 1.07. The van der Waals surface area contributed by atoms with Crippen LogP contribution in [0.15, 0.2) is 30.3 Å². The average molecular weight is 208 g/mol. The summed E-state index contributed by atoms with van der Waals surface area (Å²) in [5.74, 6) is 0.360. The number of carbonyl (C=O) groups is 1. The van der Waals surface area contributed by atoms with Crippen LogP contribution < -0.4 is 4.74 Å². The molecule has 1 atom stereocenters. The molecule has 0 aliphatic carbocycles. The summed E-state index contributed by atoms with van der Waals surface area (Å²) >= 11 is 0. The molecule has 0 amide bonds. The molecule has 1 rings (SSSR count). The van der Waals surface area contributed by atoms with Crippen LogP contribution in [0.5, 0.6) is 5.75 Å². The number of esters is 1. The molecule has 1 aromatic rings. The first-order valence-corrected chi connectivity index (χ1v) is 5.12. The van der Waals surface area contributed by atoms with E-state index in [1.165, 1.54) is 0 Å². The number of benzene rings is 1. The highest BCUT2D eigenvalue weighted by molar-refractivity contribution is 5.74. The SMILES string of the molecule is CCCOC(=O)[C@H](C)Oc1ccccc1. The van der Waals surface area contributed by atoms with Crippen molar-refractivity contribution in [2.24, 2.45) is 0 Å². The van der Waals surface area contributed by atoms with E-state index in [-0.39, 0.29) is 5.97 Å². The lowest BCUT2D eigenvalue weighted by molar-refractivity contribution is -0.151. The van der Waals surface area contributed by atoms with Crippen molar-refractivity contribution in [3.8, 4) is 5.75 Å². The summed E-state index contributed by atoms with van der Waals surface area (Å²) in [7, 11) is 0. The number of carbonyl (C=O) groups excluding carboxylic acids is 1. The molecule has 3 nitrogen and oxygen atoms in total. The van der Waals surface area contributed by atoms with Gasteiger partial charge in [0, 0.05) is 0 Å². The van der Waals surface area contributed by atoms with E-state index in [1.807, 2.05) is 37.3 Å². The molecule has 0 aromatic heterocycles. The Bertz CT molecular complexity index is 295. The Hall–Kier alpha value is -1.51. The molecule has 0 N–H and O–H groups in total. The Balaban J connectivity index is 2.41. The van der Waals surface area contributed by atoms with E-state index >= 15 is 0 Å². The molecule has 1 aromatic carbocycles. The third-order valence-electron chi connectivity index (χ3n) is 1.84. The molecule has 0 heterocycles. The minimum absolute atomic E-state index is 0.319. The molecule has 82 valence electrons. The van der Waals surface area contributed by atoms with E-state index in [9.17, 15) is 4.79 Å². The summed E-state index contributed by atoms with van der Waals surface area (Å²) in [6.45, 7) is 4.09. The largest absolute Gasteiger partial charge is 0.479 e. The molecule has 0 aliphatic heterocycles. The predicted octanol–water partition coefficient (Wildman–Crippen LogP) is 2.41. The molecule has 0 saturated carbocycles. The van der Waals surface area contributed by atoms with Crippen molar-refractivity contribution < 1.29 is 14.3 Å². The molecular formula is C12H16O3. The Labute approximate surface area is 90.0 Å². The third kappa shape index (κ3) is 4.02. The monoisotopic (exact) mass is 208 g/mol. The number of hydrogen-bond acceptors (Lipinski definition) is 3. The van der Waals surface area contributed by atoms with Gasteiger partial charge >= 0.3 is 5.97 Å². The Morgan fingerprint density at radius 1 is 1.33 bits per heavy atom. The standard InChI is InChI=1S/C12H16O3/c1-3-9-14-12(13)10(2)15-11-7-5-4-6-8-11/h4-8,10H,3,9H2,1-2H3/t10-/m0/s1. The maximum absolute atomic E-state index is 11.4. The summed E-state index contributed by atoms with van der Waals surface area (Å²) in [6, 6.07) is 9.24. The molecular weight excluding hydrogens is 192 g/mol. The van der Waals surface area contributed by atoms with Gasteiger partial charge in [0.1, 0.15) is 5.75 Å². The van der Waals surface area contributed by atoms with Gasteiger partial charge < -0.3 is 9.47 Å². The molecule has 0 spiro atoms. The topological polar surface area (TPSA) is 35.5 Å². The lowest BCUT2D eigenvalue weighted by Crippen LogP contribution is -2.26. The van der Waals surface area contributed by atoms with E-state index in [0.717, 1.165) is 6.42 Å². The quantitative estimate of drug-likeness (QED) is 0.697. The number of rotatable bonds is 5. The summed E-state index contributed by atoms with van der Waals surface area (Å²) in [5, 5.41) is 0. The van der Waals surface area contributed by atoms with Crippen molar-refractivity contribution >= 4 is 5.97 Å². The van der Waals surface area contributed by atoms with Gasteiger partial charge in [0.25, 0.3) is 0 Å². The average Bonchev–Trinajstić information content (AvgIpc) is 2.27. The maximum Gasteiger partial charge on any atom is 0.347 e. The van der Waals surface area contributed by atoms with Crippen molar-refractivity contribution in [1.29, 1.82) is 0 Å². The van der Waals surface area contributed by atoms with E-state index in [4.69, 9.17) is 9.47 Å². The first kappa shape index (κ1) is 11.6. The van der Waals surface area contributed by atoms with Crippen LogP contribution in [-0.2, 0) is 9.53 Å². The van der Waals surface area contributed by atoms with Gasteiger partial charge in [0.2, 0.25) is 0 Å². The van der Waals surface area contributed by atoms with Crippen LogP contribution >= 0.6 is 0 Å². The highest BCUT2D eigenvalue weighted by Crippen LogP contribution is 2.11. The van der Waals surface area contributed by atoms with E-state index in [0.29, 0.717) is 12.4 Å². The first-order valence-electron chi connectivity index (χ1n) is 5.12. The van der Waals surface area contributed by atoms with Crippen molar-refractivity contribution in [3.05, 3.63) is 30.3 Å². The summed E-state index contributed by atoms with van der Waals surface area (Å²) in [4.78, 5) is 11.4. The minimum Gasteiger partial charge on any atom is -0.479 e. The van der Waals surface area contributed by atoms with Gasteiger partial charge in [0.05, 0.1) is 6.61 Å². The second-order valence-corrected chi connectivity index (χ2v) is 3.24. The molecule has 0 radical (unpaired) electrons.